The SMILES string of the molecule is CCC(N)(c1ccccc1F)C1CCCC1. The summed E-state index contributed by atoms with van der Waals surface area (Å²) in [5.41, 5.74) is 6.71. The van der Waals surface area contributed by atoms with E-state index in [0.29, 0.717) is 11.5 Å². The minimum atomic E-state index is -0.470. The molecule has 0 amide bonds. The van der Waals surface area contributed by atoms with Crippen LogP contribution in [-0.2, 0) is 5.54 Å². The molecule has 16 heavy (non-hydrogen) atoms. The zero-order chi connectivity index (χ0) is 11.6. The van der Waals surface area contributed by atoms with Crippen LogP contribution < -0.4 is 5.73 Å². The molecule has 1 nitrogen and oxygen atoms in total. The number of halogens is 1. The highest BCUT2D eigenvalue weighted by Gasteiger charge is 2.38. The molecule has 2 N–H and O–H groups in total. The first-order valence-corrected chi connectivity index (χ1v) is 6.22. The highest BCUT2D eigenvalue weighted by molar-refractivity contribution is 5.27. The van der Waals surface area contributed by atoms with Gasteiger partial charge in [-0.2, -0.15) is 0 Å². The molecule has 2 rings (SSSR count). The van der Waals surface area contributed by atoms with Crippen LogP contribution in [0.3, 0.4) is 0 Å². The summed E-state index contributed by atoms with van der Waals surface area (Å²) in [4.78, 5) is 0. The Labute approximate surface area is 96.9 Å². The maximum atomic E-state index is 13.8. The molecule has 1 aliphatic carbocycles. The molecule has 0 saturated heterocycles. The maximum Gasteiger partial charge on any atom is 0.128 e. The van der Waals surface area contributed by atoms with Crippen LogP contribution in [0.1, 0.15) is 44.6 Å². The molecule has 1 saturated carbocycles. The minimum absolute atomic E-state index is 0.154. The van der Waals surface area contributed by atoms with E-state index in [0.717, 1.165) is 19.3 Å². The van der Waals surface area contributed by atoms with Crippen molar-refractivity contribution in [2.75, 3.05) is 0 Å². The van der Waals surface area contributed by atoms with E-state index in [4.69, 9.17) is 5.73 Å². The molecule has 0 radical (unpaired) electrons. The van der Waals surface area contributed by atoms with Crippen molar-refractivity contribution >= 4 is 0 Å². The number of hydrogen-bond donors (Lipinski definition) is 1. The number of hydrogen-bond acceptors (Lipinski definition) is 1. The van der Waals surface area contributed by atoms with Gasteiger partial charge >= 0.3 is 0 Å². The Kier molecular flexibility index (Phi) is 3.29. The third kappa shape index (κ3) is 1.86. The first kappa shape index (κ1) is 11.6. The van der Waals surface area contributed by atoms with E-state index in [1.807, 2.05) is 12.1 Å². The fourth-order valence-corrected chi connectivity index (χ4v) is 2.98. The van der Waals surface area contributed by atoms with Gasteiger partial charge < -0.3 is 5.73 Å². The molecule has 0 heterocycles. The van der Waals surface area contributed by atoms with Gasteiger partial charge in [-0.05, 0) is 31.2 Å². The van der Waals surface area contributed by atoms with Gasteiger partial charge in [-0.25, -0.2) is 4.39 Å². The van der Waals surface area contributed by atoms with E-state index in [-0.39, 0.29) is 5.82 Å². The Morgan fingerprint density at radius 1 is 1.31 bits per heavy atom. The fourth-order valence-electron chi connectivity index (χ4n) is 2.98. The summed E-state index contributed by atoms with van der Waals surface area (Å²) in [6.07, 6.45) is 5.55. The molecule has 1 aliphatic rings. The van der Waals surface area contributed by atoms with E-state index in [2.05, 4.69) is 6.92 Å². The number of benzene rings is 1. The van der Waals surface area contributed by atoms with E-state index in [9.17, 15) is 4.39 Å². The van der Waals surface area contributed by atoms with Gasteiger partial charge in [-0.3, -0.25) is 0 Å². The van der Waals surface area contributed by atoms with Gasteiger partial charge in [-0.1, -0.05) is 38.0 Å². The number of rotatable bonds is 3. The van der Waals surface area contributed by atoms with Crippen LogP contribution in [0.2, 0.25) is 0 Å². The molecule has 0 bridgehead atoms. The van der Waals surface area contributed by atoms with Gasteiger partial charge in [-0.15, -0.1) is 0 Å². The van der Waals surface area contributed by atoms with E-state index < -0.39 is 5.54 Å². The predicted octanol–water partition coefficient (Wildman–Crippen LogP) is 3.58. The third-order valence-electron chi connectivity index (χ3n) is 4.04. The highest BCUT2D eigenvalue weighted by atomic mass is 19.1. The molecule has 88 valence electrons. The first-order chi connectivity index (χ1) is 7.68. The summed E-state index contributed by atoms with van der Waals surface area (Å²) in [5, 5.41) is 0. The lowest BCUT2D eigenvalue weighted by Crippen LogP contribution is -2.43. The van der Waals surface area contributed by atoms with E-state index >= 15 is 0 Å². The number of nitrogens with two attached hydrogens (primary N) is 1. The Balaban J connectivity index is 2.37. The summed E-state index contributed by atoms with van der Waals surface area (Å²) >= 11 is 0. The normalized spacial score (nSPS) is 20.9. The Morgan fingerprint density at radius 3 is 2.50 bits per heavy atom. The average Bonchev–Trinajstić information content (AvgIpc) is 2.82. The van der Waals surface area contributed by atoms with Crippen molar-refractivity contribution in [1.29, 1.82) is 0 Å². The second-order valence-electron chi connectivity index (χ2n) is 4.86. The Morgan fingerprint density at radius 2 is 1.94 bits per heavy atom. The van der Waals surface area contributed by atoms with Gasteiger partial charge in [0.1, 0.15) is 5.82 Å². The van der Waals surface area contributed by atoms with Crippen LogP contribution in [0, 0.1) is 11.7 Å². The van der Waals surface area contributed by atoms with Crippen molar-refractivity contribution in [3.63, 3.8) is 0 Å². The monoisotopic (exact) mass is 221 g/mol. The average molecular weight is 221 g/mol. The largest absolute Gasteiger partial charge is 0.321 e. The molecule has 1 fully saturated rings. The second-order valence-corrected chi connectivity index (χ2v) is 4.86. The lowest BCUT2D eigenvalue weighted by Gasteiger charge is -2.35. The van der Waals surface area contributed by atoms with Gasteiger partial charge in [0.05, 0.1) is 0 Å². The zero-order valence-electron chi connectivity index (χ0n) is 9.88. The summed E-state index contributed by atoms with van der Waals surface area (Å²) in [6, 6.07) is 6.97. The van der Waals surface area contributed by atoms with Crippen LogP contribution in [0.15, 0.2) is 24.3 Å². The molecule has 1 unspecified atom stereocenters. The molecule has 1 aromatic rings. The van der Waals surface area contributed by atoms with Crippen molar-refractivity contribution in [3.05, 3.63) is 35.6 Å². The van der Waals surface area contributed by atoms with Crippen LogP contribution in [0.5, 0.6) is 0 Å². The van der Waals surface area contributed by atoms with Crippen LogP contribution in [0.4, 0.5) is 4.39 Å². The van der Waals surface area contributed by atoms with E-state index in [1.54, 1.807) is 6.07 Å². The quantitative estimate of drug-likeness (QED) is 0.829. The van der Waals surface area contributed by atoms with Crippen molar-refractivity contribution in [1.82, 2.24) is 0 Å². The minimum Gasteiger partial charge on any atom is -0.321 e. The third-order valence-corrected chi connectivity index (χ3v) is 4.04. The Hall–Kier alpha value is -0.890. The molecule has 0 aromatic heterocycles. The topological polar surface area (TPSA) is 26.0 Å². The standard InChI is InChI=1S/C14H20FN/c1-2-14(16,11-7-3-4-8-11)12-9-5-6-10-13(12)15/h5-6,9-11H,2-4,7-8,16H2,1H3. The molecule has 1 atom stereocenters. The fraction of sp³-hybridized carbons (Fsp3) is 0.571. The van der Waals surface area contributed by atoms with Crippen molar-refractivity contribution in [3.8, 4) is 0 Å². The Bertz CT molecular complexity index is 358. The van der Waals surface area contributed by atoms with Crippen molar-refractivity contribution < 1.29 is 4.39 Å². The summed E-state index contributed by atoms with van der Waals surface area (Å²) in [6.45, 7) is 2.06. The maximum absolute atomic E-state index is 13.8. The lowest BCUT2D eigenvalue weighted by molar-refractivity contribution is 0.260. The smallest absolute Gasteiger partial charge is 0.128 e. The van der Waals surface area contributed by atoms with Gasteiger partial charge in [0.2, 0.25) is 0 Å². The second kappa shape index (κ2) is 4.54. The molecular formula is C14H20FN. The highest BCUT2D eigenvalue weighted by Crippen LogP contribution is 2.41. The van der Waals surface area contributed by atoms with E-state index in [1.165, 1.54) is 18.9 Å². The van der Waals surface area contributed by atoms with Crippen LogP contribution in [-0.4, -0.2) is 0 Å². The first-order valence-electron chi connectivity index (χ1n) is 6.22. The van der Waals surface area contributed by atoms with Crippen molar-refractivity contribution in [2.45, 2.75) is 44.6 Å². The van der Waals surface area contributed by atoms with Gasteiger partial charge in [0.15, 0.2) is 0 Å². The predicted molar refractivity (Wildman–Crippen MR) is 64.5 cm³/mol. The molecular weight excluding hydrogens is 201 g/mol. The zero-order valence-corrected chi connectivity index (χ0v) is 9.88. The summed E-state index contributed by atoms with van der Waals surface area (Å²) < 4.78 is 13.8. The van der Waals surface area contributed by atoms with Crippen molar-refractivity contribution in [2.24, 2.45) is 11.7 Å². The summed E-state index contributed by atoms with van der Waals surface area (Å²) in [5.74, 6) is 0.285. The van der Waals surface area contributed by atoms with Crippen LogP contribution >= 0.6 is 0 Å². The molecule has 0 spiro atoms. The van der Waals surface area contributed by atoms with Gasteiger partial charge in [0, 0.05) is 11.1 Å². The summed E-state index contributed by atoms with van der Waals surface area (Å²) in [7, 11) is 0. The molecule has 2 heteroatoms. The van der Waals surface area contributed by atoms with Crippen LogP contribution in [0.25, 0.3) is 0 Å². The molecule has 0 aliphatic heterocycles. The lowest BCUT2D eigenvalue weighted by atomic mass is 9.76. The van der Waals surface area contributed by atoms with Gasteiger partial charge in [0.25, 0.3) is 0 Å². The molecule has 1 aromatic carbocycles.